The lowest BCUT2D eigenvalue weighted by Gasteiger charge is -2.14. The highest BCUT2D eigenvalue weighted by atomic mass is 127. The quantitative estimate of drug-likeness (QED) is 0.424. The van der Waals surface area contributed by atoms with Crippen LogP contribution in [0, 0.1) is 17.4 Å². The minimum atomic E-state index is -0.679. The molecule has 1 N–H and O–H groups in total. The summed E-state index contributed by atoms with van der Waals surface area (Å²) in [7, 11) is 0. The normalized spacial score (nSPS) is 11.2. The molecule has 1 aromatic carbocycles. The van der Waals surface area contributed by atoms with Crippen LogP contribution in [0.25, 0.3) is 21.9 Å². The number of carbonyl (C=O) groups excluding carboxylic acids is 1. The van der Waals surface area contributed by atoms with Crippen LogP contribution in [-0.2, 0) is 6.54 Å². The number of rotatable bonds is 3. The number of amides is 1. The van der Waals surface area contributed by atoms with Gasteiger partial charge < -0.3 is 4.57 Å². The summed E-state index contributed by atoms with van der Waals surface area (Å²) in [5.41, 5.74) is 3.48. The number of hydrogen-bond donors (Lipinski definition) is 1. The topological polar surface area (TPSA) is 98.9 Å². The van der Waals surface area contributed by atoms with Crippen LogP contribution >= 0.6 is 22.6 Å². The van der Waals surface area contributed by atoms with E-state index in [0.717, 1.165) is 13.9 Å². The maximum Gasteiger partial charge on any atom is 0.280 e. The molecule has 4 aromatic rings. The van der Waals surface area contributed by atoms with E-state index in [1.165, 1.54) is 6.20 Å². The Kier molecular flexibility index (Phi) is 5.14. The summed E-state index contributed by atoms with van der Waals surface area (Å²) in [6, 6.07) is 8.72. The summed E-state index contributed by atoms with van der Waals surface area (Å²) in [4.78, 5) is 47.7. The van der Waals surface area contributed by atoms with Gasteiger partial charge in [-0.05, 0) is 73.7 Å². The van der Waals surface area contributed by atoms with Gasteiger partial charge >= 0.3 is 0 Å². The van der Waals surface area contributed by atoms with Crippen LogP contribution in [0.5, 0.6) is 0 Å². The fourth-order valence-corrected chi connectivity index (χ4v) is 3.82. The van der Waals surface area contributed by atoms with E-state index < -0.39 is 16.9 Å². The number of halogens is 1. The molecule has 0 spiro atoms. The molecule has 0 saturated carbocycles. The minimum absolute atomic E-state index is 0.0657. The third-order valence-electron chi connectivity index (χ3n) is 4.86. The number of aromatic nitrogens is 4. The third-order valence-corrected chi connectivity index (χ3v) is 5.53. The van der Waals surface area contributed by atoms with Crippen molar-refractivity contribution in [1.82, 2.24) is 19.2 Å². The number of benzene rings is 1. The maximum absolute atomic E-state index is 13.0. The van der Waals surface area contributed by atoms with E-state index in [4.69, 9.17) is 0 Å². The van der Waals surface area contributed by atoms with Crippen LogP contribution in [0.2, 0.25) is 0 Å². The van der Waals surface area contributed by atoms with Gasteiger partial charge in [0.15, 0.2) is 0 Å². The van der Waals surface area contributed by atoms with Gasteiger partial charge in [0.2, 0.25) is 5.43 Å². The number of hydrogen-bond acceptors (Lipinski definition) is 5. The molecule has 0 aliphatic carbocycles. The Hall–Kier alpha value is -3.08. The molecule has 4 rings (SSSR count). The Balaban J connectivity index is 1.85. The average Bonchev–Trinajstić information content (AvgIpc) is 2.72. The van der Waals surface area contributed by atoms with Gasteiger partial charge in [0.05, 0.1) is 16.3 Å². The molecule has 0 unspecified atom stereocenters. The molecule has 1 amide bonds. The number of carbonyl (C=O) groups is 1. The van der Waals surface area contributed by atoms with Crippen molar-refractivity contribution >= 4 is 50.4 Å². The van der Waals surface area contributed by atoms with Crippen molar-refractivity contribution in [2.75, 3.05) is 5.43 Å². The maximum atomic E-state index is 13.0. The smallest absolute Gasteiger partial charge is 0.280 e. The monoisotopic (exact) mass is 515 g/mol. The number of nitrogens with one attached hydrogen (secondary N) is 1. The van der Waals surface area contributed by atoms with E-state index in [-0.39, 0.29) is 5.56 Å². The fraction of sp³-hybridized carbons (Fsp3) is 0.190. The van der Waals surface area contributed by atoms with Crippen molar-refractivity contribution < 1.29 is 4.79 Å². The zero-order valence-electron chi connectivity index (χ0n) is 16.6. The summed E-state index contributed by atoms with van der Waals surface area (Å²) in [5.74, 6) is -0.363. The number of pyridine rings is 2. The number of aryl methyl sites for hydroxylation is 3. The van der Waals surface area contributed by atoms with Crippen molar-refractivity contribution in [3.05, 3.63) is 77.8 Å². The highest BCUT2D eigenvalue weighted by molar-refractivity contribution is 14.1. The SMILES string of the molecule is CCn1cc(C(=O)Nn2c(C)nc3ccc(I)cc3c2=O)c(=O)c2ccc(C)nc21. The van der Waals surface area contributed by atoms with Crippen LogP contribution in [0.3, 0.4) is 0 Å². The van der Waals surface area contributed by atoms with Crippen LogP contribution < -0.4 is 16.4 Å². The molecule has 0 aliphatic rings. The molecule has 30 heavy (non-hydrogen) atoms. The second kappa shape index (κ2) is 7.63. The van der Waals surface area contributed by atoms with Crippen LogP contribution in [0.1, 0.15) is 28.8 Å². The molecular formula is C21H18IN5O3. The zero-order chi connectivity index (χ0) is 21.6. The van der Waals surface area contributed by atoms with Crippen molar-refractivity contribution in [3.63, 3.8) is 0 Å². The van der Waals surface area contributed by atoms with Gasteiger partial charge in [0, 0.05) is 22.0 Å². The first-order valence-electron chi connectivity index (χ1n) is 9.31. The summed E-state index contributed by atoms with van der Waals surface area (Å²) in [5, 5.41) is 0.738. The number of fused-ring (bicyclic) bond motifs is 2. The fourth-order valence-electron chi connectivity index (χ4n) is 3.32. The highest BCUT2D eigenvalue weighted by Gasteiger charge is 2.18. The van der Waals surface area contributed by atoms with Crippen LogP contribution in [0.15, 0.2) is 46.1 Å². The largest absolute Gasteiger partial charge is 0.332 e. The van der Waals surface area contributed by atoms with E-state index in [1.54, 1.807) is 35.8 Å². The van der Waals surface area contributed by atoms with Crippen molar-refractivity contribution in [3.8, 4) is 0 Å². The van der Waals surface area contributed by atoms with Crippen molar-refractivity contribution in [2.45, 2.75) is 27.3 Å². The molecular weight excluding hydrogens is 497 g/mol. The lowest BCUT2D eigenvalue weighted by molar-refractivity contribution is 0.100. The van der Waals surface area contributed by atoms with Gasteiger partial charge in [-0.3, -0.25) is 19.8 Å². The number of nitrogens with zero attached hydrogens (tertiary/aromatic N) is 4. The Bertz CT molecular complexity index is 1460. The molecule has 9 heteroatoms. The predicted molar refractivity (Wildman–Crippen MR) is 124 cm³/mol. The molecule has 0 fully saturated rings. The minimum Gasteiger partial charge on any atom is -0.332 e. The lowest BCUT2D eigenvalue weighted by Crippen LogP contribution is -2.37. The van der Waals surface area contributed by atoms with Crippen molar-refractivity contribution in [1.29, 1.82) is 0 Å². The first-order chi connectivity index (χ1) is 14.3. The standard InChI is InChI=1S/C21H18IN5O3/c1-4-26-10-16(18(28)14-7-5-11(2)23-19(14)26)20(29)25-27-12(3)24-17-8-6-13(22)9-15(17)21(27)30/h5-10H,4H2,1-3H3,(H,25,29). The third kappa shape index (κ3) is 3.38. The summed E-state index contributed by atoms with van der Waals surface area (Å²) in [6.07, 6.45) is 1.48. The van der Waals surface area contributed by atoms with Gasteiger partial charge in [0.25, 0.3) is 11.5 Å². The second-order valence-corrected chi connectivity index (χ2v) is 8.13. The molecule has 152 valence electrons. The zero-order valence-corrected chi connectivity index (χ0v) is 18.7. The average molecular weight is 515 g/mol. The molecule has 0 radical (unpaired) electrons. The summed E-state index contributed by atoms with van der Waals surface area (Å²) in [6.45, 7) is 5.89. The Labute approximate surface area is 184 Å². The molecule has 0 aliphatic heterocycles. The molecule has 0 atom stereocenters. The molecule has 3 heterocycles. The van der Waals surface area contributed by atoms with E-state index in [9.17, 15) is 14.4 Å². The van der Waals surface area contributed by atoms with E-state index in [2.05, 4.69) is 38.0 Å². The first kappa shape index (κ1) is 20.2. The van der Waals surface area contributed by atoms with Gasteiger partial charge in [-0.15, -0.1) is 0 Å². The molecule has 3 aromatic heterocycles. The Morgan fingerprint density at radius 1 is 1.10 bits per heavy atom. The Morgan fingerprint density at radius 2 is 1.87 bits per heavy atom. The van der Waals surface area contributed by atoms with E-state index in [1.807, 2.05) is 19.9 Å². The van der Waals surface area contributed by atoms with Crippen molar-refractivity contribution in [2.24, 2.45) is 0 Å². The van der Waals surface area contributed by atoms with Gasteiger partial charge in [0.1, 0.15) is 17.0 Å². The molecule has 8 nitrogen and oxygen atoms in total. The van der Waals surface area contributed by atoms with Crippen LogP contribution in [-0.4, -0.2) is 25.1 Å². The Morgan fingerprint density at radius 3 is 2.60 bits per heavy atom. The highest BCUT2D eigenvalue weighted by Crippen LogP contribution is 2.14. The van der Waals surface area contributed by atoms with Gasteiger partial charge in [-0.2, -0.15) is 0 Å². The molecule has 0 saturated heterocycles. The lowest BCUT2D eigenvalue weighted by atomic mass is 10.1. The first-order valence-corrected chi connectivity index (χ1v) is 10.4. The predicted octanol–water partition coefficient (Wildman–Crippen LogP) is 2.73. The summed E-state index contributed by atoms with van der Waals surface area (Å²) < 4.78 is 3.70. The van der Waals surface area contributed by atoms with Gasteiger partial charge in [-0.25, -0.2) is 14.6 Å². The van der Waals surface area contributed by atoms with E-state index in [0.29, 0.717) is 34.3 Å². The molecule has 0 bridgehead atoms. The van der Waals surface area contributed by atoms with E-state index >= 15 is 0 Å². The van der Waals surface area contributed by atoms with Gasteiger partial charge in [-0.1, -0.05) is 0 Å². The van der Waals surface area contributed by atoms with Crippen LogP contribution in [0.4, 0.5) is 0 Å². The second-order valence-electron chi connectivity index (χ2n) is 6.88. The summed E-state index contributed by atoms with van der Waals surface area (Å²) >= 11 is 2.11.